The third-order valence-corrected chi connectivity index (χ3v) is 3.11. The van der Waals surface area contributed by atoms with Crippen LogP contribution in [0, 0.1) is 0 Å². The molecular formula is C14H17BrN2O5. The molecule has 0 unspecified atom stereocenters. The van der Waals surface area contributed by atoms with Crippen molar-refractivity contribution in [1.82, 2.24) is 10.6 Å². The fourth-order valence-corrected chi connectivity index (χ4v) is 1.63. The van der Waals surface area contributed by atoms with Gasteiger partial charge in [-0.05, 0) is 38.1 Å². The normalized spacial score (nSPS) is 12.7. The van der Waals surface area contributed by atoms with Gasteiger partial charge in [-0.3, -0.25) is 10.1 Å². The van der Waals surface area contributed by atoms with Gasteiger partial charge in [-0.15, -0.1) is 0 Å². The molecule has 0 radical (unpaired) electrons. The van der Waals surface area contributed by atoms with Crippen molar-refractivity contribution in [2.75, 3.05) is 7.05 Å². The summed E-state index contributed by atoms with van der Waals surface area (Å²) in [6, 6.07) is 6.25. The van der Waals surface area contributed by atoms with Gasteiger partial charge in [-0.25, -0.2) is 9.59 Å². The number of ether oxygens (including phenoxy) is 2. The highest BCUT2D eigenvalue weighted by molar-refractivity contribution is 9.10. The minimum absolute atomic E-state index is 0.495. The molecule has 1 aromatic carbocycles. The van der Waals surface area contributed by atoms with Gasteiger partial charge in [-0.2, -0.15) is 0 Å². The van der Waals surface area contributed by atoms with Gasteiger partial charge >= 0.3 is 12.0 Å². The highest BCUT2D eigenvalue weighted by atomic mass is 79.9. The third-order valence-electron chi connectivity index (χ3n) is 2.58. The average Bonchev–Trinajstić information content (AvgIpc) is 2.49. The highest BCUT2D eigenvalue weighted by Gasteiger charge is 2.24. The van der Waals surface area contributed by atoms with Crippen molar-refractivity contribution >= 4 is 33.8 Å². The molecule has 22 heavy (non-hydrogen) atoms. The van der Waals surface area contributed by atoms with E-state index < -0.39 is 30.1 Å². The second-order valence-corrected chi connectivity index (χ2v) is 5.28. The Labute approximate surface area is 136 Å². The van der Waals surface area contributed by atoms with Crippen molar-refractivity contribution < 1.29 is 23.9 Å². The second-order valence-electron chi connectivity index (χ2n) is 4.36. The maximum Gasteiger partial charge on any atom is 0.347 e. The smallest absolute Gasteiger partial charge is 0.347 e. The summed E-state index contributed by atoms with van der Waals surface area (Å²) in [6.45, 7) is 2.87. The fraction of sp³-hybridized carbons (Fsp3) is 0.357. The first kappa shape index (κ1) is 18.0. The third kappa shape index (κ3) is 5.72. The molecule has 0 aromatic heterocycles. The summed E-state index contributed by atoms with van der Waals surface area (Å²) < 4.78 is 11.2. The van der Waals surface area contributed by atoms with E-state index in [0.29, 0.717) is 5.75 Å². The van der Waals surface area contributed by atoms with E-state index in [2.05, 4.69) is 21.2 Å². The summed E-state index contributed by atoms with van der Waals surface area (Å²) >= 11 is 3.29. The quantitative estimate of drug-likeness (QED) is 0.765. The lowest BCUT2D eigenvalue weighted by Gasteiger charge is -2.17. The molecule has 2 atom stereocenters. The summed E-state index contributed by atoms with van der Waals surface area (Å²) in [4.78, 5) is 34.4. The van der Waals surface area contributed by atoms with Crippen LogP contribution < -0.4 is 15.4 Å². The van der Waals surface area contributed by atoms with Crippen molar-refractivity contribution in [1.29, 1.82) is 0 Å². The number of benzene rings is 1. The largest absolute Gasteiger partial charge is 0.479 e. The fourth-order valence-electron chi connectivity index (χ4n) is 1.36. The van der Waals surface area contributed by atoms with Crippen LogP contribution in [0.1, 0.15) is 13.8 Å². The molecule has 2 N–H and O–H groups in total. The number of esters is 1. The van der Waals surface area contributed by atoms with Crippen molar-refractivity contribution in [2.45, 2.75) is 26.1 Å². The Morgan fingerprint density at radius 3 is 2.23 bits per heavy atom. The molecule has 0 heterocycles. The Balaban J connectivity index is 2.51. The zero-order valence-electron chi connectivity index (χ0n) is 12.4. The van der Waals surface area contributed by atoms with E-state index >= 15 is 0 Å². The van der Waals surface area contributed by atoms with Gasteiger partial charge in [0.05, 0.1) is 0 Å². The van der Waals surface area contributed by atoms with Crippen LogP contribution in [0.3, 0.4) is 0 Å². The summed E-state index contributed by atoms with van der Waals surface area (Å²) in [7, 11) is 1.37. The minimum Gasteiger partial charge on any atom is -0.479 e. The van der Waals surface area contributed by atoms with Crippen molar-refractivity contribution in [3.63, 3.8) is 0 Å². The van der Waals surface area contributed by atoms with E-state index in [0.717, 1.165) is 4.47 Å². The van der Waals surface area contributed by atoms with Gasteiger partial charge in [0.15, 0.2) is 12.2 Å². The molecule has 1 aromatic rings. The van der Waals surface area contributed by atoms with Gasteiger partial charge < -0.3 is 14.8 Å². The van der Waals surface area contributed by atoms with E-state index in [1.807, 2.05) is 5.32 Å². The molecule has 1 rings (SSSR count). The van der Waals surface area contributed by atoms with Crippen molar-refractivity contribution in [3.05, 3.63) is 28.7 Å². The maximum absolute atomic E-state index is 11.8. The Morgan fingerprint density at radius 2 is 1.68 bits per heavy atom. The number of halogens is 1. The van der Waals surface area contributed by atoms with Crippen molar-refractivity contribution in [3.8, 4) is 5.75 Å². The summed E-state index contributed by atoms with van der Waals surface area (Å²) in [6.07, 6.45) is -2.00. The van der Waals surface area contributed by atoms with Crippen LogP contribution in [-0.2, 0) is 14.3 Å². The van der Waals surface area contributed by atoms with E-state index in [1.54, 1.807) is 24.3 Å². The maximum atomic E-state index is 11.8. The summed E-state index contributed by atoms with van der Waals surface area (Å²) in [5, 5.41) is 4.24. The zero-order valence-corrected chi connectivity index (χ0v) is 14.0. The lowest BCUT2D eigenvalue weighted by atomic mass is 10.3. The standard InChI is InChI=1S/C14H17BrN2O5/c1-8(12(18)17-14(20)16-3)22-13(19)9(2)21-11-6-4-10(15)5-7-11/h4-9H,1-3H3,(H2,16,17,18,20)/t8-,9-/m0/s1. The Bertz CT molecular complexity index is 547. The number of hydrogen-bond donors (Lipinski definition) is 2. The molecule has 0 aliphatic rings. The monoisotopic (exact) mass is 372 g/mol. The number of carbonyl (C=O) groups is 3. The average molecular weight is 373 g/mol. The molecule has 0 fully saturated rings. The molecular weight excluding hydrogens is 356 g/mol. The number of imide groups is 1. The van der Waals surface area contributed by atoms with Crippen LogP contribution >= 0.6 is 15.9 Å². The molecule has 0 saturated heterocycles. The number of nitrogens with one attached hydrogen (secondary N) is 2. The Hall–Kier alpha value is -2.09. The zero-order chi connectivity index (χ0) is 16.7. The number of carbonyl (C=O) groups excluding carboxylic acids is 3. The molecule has 0 bridgehead atoms. The van der Waals surface area contributed by atoms with E-state index in [-0.39, 0.29) is 0 Å². The Kier molecular flexibility index (Phi) is 6.84. The first-order valence-electron chi connectivity index (χ1n) is 6.48. The Morgan fingerprint density at radius 1 is 1.09 bits per heavy atom. The lowest BCUT2D eigenvalue weighted by molar-refractivity contribution is -0.160. The molecule has 8 heteroatoms. The first-order valence-corrected chi connectivity index (χ1v) is 7.28. The van der Waals surface area contributed by atoms with Crippen LogP contribution in [0.5, 0.6) is 5.75 Å². The van der Waals surface area contributed by atoms with Crippen LogP contribution in [0.2, 0.25) is 0 Å². The number of urea groups is 1. The van der Waals surface area contributed by atoms with Gasteiger partial charge in [0.25, 0.3) is 5.91 Å². The molecule has 0 aliphatic heterocycles. The highest BCUT2D eigenvalue weighted by Crippen LogP contribution is 2.17. The summed E-state index contributed by atoms with van der Waals surface area (Å²) in [5.74, 6) is -0.930. The van der Waals surface area contributed by atoms with E-state index in [4.69, 9.17) is 9.47 Å². The van der Waals surface area contributed by atoms with Gasteiger partial charge in [0, 0.05) is 11.5 Å². The van der Waals surface area contributed by atoms with Crippen molar-refractivity contribution in [2.24, 2.45) is 0 Å². The number of hydrogen-bond acceptors (Lipinski definition) is 5. The van der Waals surface area contributed by atoms with E-state index in [9.17, 15) is 14.4 Å². The van der Waals surface area contributed by atoms with Crippen LogP contribution in [0.15, 0.2) is 28.7 Å². The second kappa shape index (κ2) is 8.38. The minimum atomic E-state index is -1.11. The lowest BCUT2D eigenvalue weighted by Crippen LogP contribution is -2.44. The van der Waals surface area contributed by atoms with E-state index in [1.165, 1.54) is 20.9 Å². The molecule has 3 amide bonds. The van der Waals surface area contributed by atoms with Gasteiger partial charge in [-0.1, -0.05) is 15.9 Å². The van der Waals surface area contributed by atoms with Crippen LogP contribution in [0.25, 0.3) is 0 Å². The molecule has 0 spiro atoms. The topological polar surface area (TPSA) is 93.7 Å². The predicted octanol–water partition coefficient (Wildman–Crippen LogP) is 1.60. The number of rotatable bonds is 5. The first-order chi connectivity index (χ1) is 10.3. The molecule has 0 aliphatic carbocycles. The summed E-state index contributed by atoms with van der Waals surface area (Å²) in [5.41, 5.74) is 0. The predicted molar refractivity (Wildman–Crippen MR) is 82.4 cm³/mol. The van der Waals surface area contributed by atoms with Gasteiger partial charge in [0.2, 0.25) is 0 Å². The van der Waals surface area contributed by atoms with Gasteiger partial charge in [0.1, 0.15) is 5.75 Å². The molecule has 7 nitrogen and oxygen atoms in total. The van der Waals surface area contributed by atoms with Crippen LogP contribution in [0.4, 0.5) is 4.79 Å². The molecule has 120 valence electrons. The van der Waals surface area contributed by atoms with Crippen LogP contribution in [-0.4, -0.2) is 37.2 Å². The number of amides is 3. The SMILES string of the molecule is CNC(=O)NC(=O)[C@H](C)OC(=O)[C@H](C)Oc1ccc(Br)cc1. The molecule has 0 saturated carbocycles.